The quantitative estimate of drug-likeness (QED) is 0.425. The van der Waals surface area contributed by atoms with Gasteiger partial charge in [0.25, 0.3) is 5.91 Å². The predicted molar refractivity (Wildman–Crippen MR) is 126 cm³/mol. The van der Waals surface area contributed by atoms with Gasteiger partial charge in [0.2, 0.25) is 5.88 Å². The number of carbonyl (C=O) groups is 2. The van der Waals surface area contributed by atoms with Crippen LogP contribution in [0.15, 0.2) is 53.5 Å². The molecule has 0 atom stereocenters. The number of hydrogen-bond donors (Lipinski definition) is 4. The fraction of sp³-hybridized carbons (Fsp3) is 0.217. The van der Waals surface area contributed by atoms with Crippen molar-refractivity contribution < 1.29 is 14.3 Å². The summed E-state index contributed by atoms with van der Waals surface area (Å²) in [4.78, 5) is 29.0. The van der Waals surface area contributed by atoms with Crippen molar-refractivity contribution in [2.75, 3.05) is 25.0 Å². The monoisotopic (exact) mass is 466 g/mol. The number of nitrogens with one attached hydrogen (secondary N) is 4. The van der Waals surface area contributed by atoms with Crippen molar-refractivity contribution in [3.63, 3.8) is 0 Å². The van der Waals surface area contributed by atoms with Crippen LogP contribution in [0, 0.1) is 6.92 Å². The number of amidine groups is 1. The fourth-order valence-corrected chi connectivity index (χ4v) is 3.50. The van der Waals surface area contributed by atoms with Crippen LogP contribution in [0.4, 0.5) is 10.6 Å². The van der Waals surface area contributed by atoms with Crippen molar-refractivity contribution in [3.8, 4) is 5.88 Å². The Balaban J connectivity index is 1.26. The number of H-pyrrole nitrogens is 1. The van der Waals surface area contributed by atoms with Gasteiger partial charge in [-0.25, -0.2) is 4.79 Å². The van der Waals surface area contributed by atoms with E-state index in [9.17, 15) is 9.59 Å². The summed E-state index contributed by atoms with van der Waals surface area (Å²) in [6.45, 7) is 3.75. The number of aromatic amines is 1. The molecule has 2 amide bonds. The maximum absolute atomic E-state index is 12.4. The van der Waals surface area contributed by atoms with Gasteiger partial charge in [-0.3, -0.25) is 14.9 Å². The summed E-state index contributed by atoms with van der Waals surface area (Å²) in [6, 6.07) is 14.7. The van der Waals surface area contributed by atoms with E-state index in [0.29, 0.717) is 34.9 Å². The minimum Gasteiger partial charge on any atom is -0.389 e. The molecule has 10 heteroatoms. The first-order valence-electron chi connectivity index (χ1n) is 10.5. The fourth-order valence-electron chi connectivity index (χ4n) is 3.28. The molecule has 1 aromatic heterocycles. The minimum absolute atomic E-state index is 0.0798. The van der Waals surface area contributed by atoms with Crippen LogP contribution < -0.4 is 20.7 Å². The summed E-state index contributed by atoms with van der Waals surface area (Å²) in [5, 5.41) is 15.6. The molecule has 4 rings (SSSR count). The van der Waals surface area contributed by atoms with Crippen LogP contribution in [-0.4, -0.2) is 47.7 Å². The predicted octanol–water partition coefficient (Wildman–Crippen LogP) is 3.30. The zero-order valence-corrected chi connectivity index (χ0v) is 18.7. The maximum Gasteiger partial charge on any atom is 0.414 e. The Hall–Kier alpha value is -3.85. The molecule has 0 saturated carbocycles. The summed E-state index contributed by atoms with van der Waals surface area (Å²) in [5.41, 5.74) is 2.95. The van der Waals surface area contributed by atoms with Gasteiger partial charge in [0.15, 0.2) is 0 Å². The number of anilines is 1. The zero-order chi connectivity index (χ0) is 23.2. The molecule has 0 radical (unpaired) electrons. The molecule has 2 heterocycles. The smallest absolute Gasteiger partial charge is 0.389 e. The number of aromatic nitrogens is 2. The molecule has 3 aromatic rings. The van der Waals surface area contributed by atoms with E-state index in [1.807, 2.05) is 24.3 Å². The van der Waals surface area contributed by atoms with Crippen molar-refractivity contribution in [3.05, 3.63) is 75.8 Å². The van der Waals surface area contributed by atoms with Gasteiger partial charge in [0, 0.05) is 18.7 Å². The molecule has 4 N–H and O–H groups in total. The number of aliphatic imine (C=N–C) groups is 1. The van der Waals surface area contributed by atoms with E-state index in [1.165, 1.54) is 0 Å². The number of ether oxygens (including phenoxy) is 1. The SMILES string of the molecule is Cc1c(OC(=O)NCCc2ccc(C3=NCCN3)cc2)n[nH]c1NC(=O)c1ccccc1Cl. The third-order valence-electron chi connectivity index (χ3n) is 5.10. The summed E-state index contributed by atoms with van der Waals surface area (Å²) in [5.74, 6) is 0.922. The molecule has 1 aliphatic rings. The first kappa shape index (κ1) is 22.3. The average molecular weight is 467 g/mol. The Morgan fingerprint density at radius 2 is 1.94 bits per heavy atom. The standard InChI is InChI=1S/C23H23ClN6O3/c1-14-19(28-21(31)17-4-2-3-5-18(17)24)29-30-22(14)33-23(32)27-11-10-15-6-8-16(9-7-15)20-25-12-13-26-20/h2-9H,10-13H2,1H3,(H,25,26)(H,27,32)(H2,28,29,30,31). The van der Waals surface area contributed by atoms with Gasteiger partial charge in [-0.05, 0) is 31.0 Å². The number of nitrogens with zero attached hydrogens (tertiary/aromatic N) is 2. The van der Waals surface area contributed by atoms with Gasteiger partial charge in [-0.2, -0.15) is 0 Å². The second kappa shape index (κ2) is 10.2. The molecule has 1 aliphatic heterocycles. The third kappa shape index (κ3) is 5.50. The molecule has 0 fully saturated rings. The van der Waals surface area contributed by atoms with Crippen LogP contribution in [0.5, 0.6) is 5.88 Å². The number of rotatable bonds is 7. The molecule has 2 aromatic carbocycles. The van der Waals surface area contributed by atoms with Crippen LogP contribution in [0.2, 0.25) is 5.02 Å². The first-order valence-corrected chi connectivity index (χ1v) is 10.8. The van der Waals surface area contributed by atoms with Crippen LogP contribution >= 0.6 is 11.6 Å². The molecular formula is C23H23ClN6O3. The molecule has 0 spiro atoms. The van der Waals surface area contributed by atoms with E-state index in [4.69, 9.17) is 16.3 Å². The first-order chi connectivity index (χ1) is 16.0. The maximum atomic E-state index is 12.4. The minimum atomic E-state index is -0.630. The summed E-state index contributed by atoms with van der Waals surface area (Å²) < 4.78 is 5.27. The van der Waals surface area contributed by atoms with Gasteiger partial charge in [0.1, 0.15) is 11.7 Å². The zero-order valence-electron chi connectivity index (χ0n) is 17.9. The van der Waals surface area contributed by atoms with Crippen LogP contribution in [0.25, 0.3) is 0 Å². The van der Waals surface area contributed by atoms with E-state index < -0.39 is 12.0 Å². The Kier molecular flexibility index (Phi) is 6.89. The number of halogens is 1. The van der Waals surface area contributed by atoms with E-state index >= 15 is 0 Å². The lowest BCUT2D eigenvalue weighted by Gasteiger charge is -2.07. The second-order valence-corrected chi connectivity index (χ2v) is 7.79. The summed E-state index contributed by atoms with van der Waals surface area (Å²) in [6.07, 6.45) is 0.0169. The highest BCUT2D eigenvalue weighted by Crippen LogP contribution is 2.23. The van der Waals surface area contributed by atoms with Crippen molar-refractivity contribution >= 4 is 35.3 Å². The molecule has 0 bridgehead atoms. The van der Waals surface area contributed by atoms with Gasteiger partial charge in [0.05, 0.1) is 22.7 Å². The van der Waals surface area contributed by atoms with Crippen molar-refractivity contribution in [1.82, 2.24) is 20.8 Å². The summed E-state index contributed by atoms with van der Waals surface area (Å²) >= 11 is 6.06. The second-order valence-electron chi connectivity index (χ2n) is 7.38. The van der Waals surface area contributed by atoms with Crippen molar-refractivity contribution in [2.45, 2.75) is 13.3 Å². The van der Waals surface area contributed by atoms with Gasteiger partial charge >= 0.3 is 6.09 Å². The lowest BCUT2D eigenvalue weighted by atomic mass is 10.1. The molecule has 9 nitrogen and oxygen atoms in total. The number of hydrogen-bond acceptors (Lipinski definition) is 6. The lowest BCUT2D eigenvalue weighted by Crippen LogP contribution is -2.29. The molecule has 33 heavy (non-hydrogen) atoms. The number of amides is 2. The molecule has 0 unspecified atom stereocenters. The molecular weight excluding hydrogens is 444 g/mol. The third-order valence-corrected chi connectivity index (χ3v) is 5.43. The Bertz CT molecular complexity index is 1190. The van der Waals surface area contributed by atoms with Gasteiger partial charge in [-0.15, -0.1) is 5.10 Å². The van der Waals surface area contributed by atoms with E-state index in [-0.39, 0.29) is 5.88 Å². The molecule has 0 aliphatic carbocycles. The summed E-state index contributed by atoms with van der Waals surface area (Å²) in [7, 11) is 0. The normalized spacial score (nSPS) is 12.6. The topological polar surface area (TPSA) is 120 Å². The van der Waals surface area contributed by atoms with E-state index in [0.717, 1.165) is 30.1 Å². The van der Waals surface area contributed by atoms with E-state index in [1.54, 1.807) is 31.2 Å². The molecule has 0 saturated heterocycles. The Morgan fingerprint density at radius 1 is 1.15 bits per heavy atom. The van der Waals surface area contributed by atoms with Crippen LogP contribution in [0.3, 0.4) is 0 Å². The highest BCUT2D eigenvalue weighted by Gasteiger charge is 2.17. The van der Waals surface area contributed by atoms with Crippen LogP contribution in [-0.2, 0) is 6.42 Å². The molecule has 170 valence electrons. The Morgan fingerprint density at radius 3 is 2.67 bits per heavy atom. The van der Waals surface area contributed by atoms with Crippen molar-refractivity contribution in [2.24, 2.45) is 4.99 Å². The van der Waals surface area contributed by atoms with Crippen molar-refractivity contribution in [1.29, 1.82) is 0 Å². The van der Waals surface area contributed by atoms with E-state index in [2.05, 4.69) is 31.1 Å². The average Bonchev–Trinajstić information content (AvgIpc) is 3.46. The van der Waals surface area contributed by atoms with Gasteiger partial charge in [-0.1, -0.05) is 48.0 Å². The lowest BCUT2D eigenvalue weighted by molar-refractivity contribution is 0.102. The largest absolute Gasteiger partial charge is 0.414 e. The number of carbonyl (C=O) groups excluding carboxylic acids is 2. The van der Waals surface area contributed by atoms with Gasteiger partial charge < -0.3 is 20.7 Å². The number of benzene rings is 2. The highest BCUT2D eigenvalue weighted by molar-refractivity contribution is 6.34. The van der Waals surface area contributed by atoms with Crippen LogP contribution in [0.1, 0.15) is 27.0 Å². The Labute approximate surface area is 195 Å². The highest BCUT2D eigenvalue weighted by atomic mass is 35.5.